The van der Waals surface area contributed by atoms with Gasteiger partial charge in [-0.05, 0) is 30.2 Å². The van der Waals surface area contributed by atoms with Gasteiger partial charge in [-0.3, -0.25) is 4.79 Å². The number of nitrogens with one attached hydrogen (secondary N) is 1. The molecule has 110 valence electrons. The van der Waals surface area contributed by atoms with Crippen molar-refractivity contribution in [2.75, 3.05) is 12.8 Å². The monoisotopic (exact) mass is 284 g/mol. The van der Waals surface area contributed by atoms with Gasteiger partial charge in [0.25, 0.3) is 5.91 Å². The average Bonchev–Trinajstić information content (AvgIpc) is 2.53. The minimum Gasteiger partial charge on any atom is -0.496 e. The number of rotatable bonds is 5. The van der Waals surface area contributed by atoms with Crippen LogP contribution in [0.1, 0.15) is 35.3 Å². The number of amides is 1. The first-order valence-electron chi connectivity index (χ1n) is 6.95. The average molecular weight is 284 g/mol. The van der Waals surface area contributed by atoms with Gasteiger partial charge in [0.2, 0.25) is 0 Å². The second-order valence-electron chi connectivity index (χ2n) is 4.80. The molecule has 0 saturated carbocycles. The third kappa shape index (κ3) is 3.54. The number of ether oxygens (including phenoxy) is 1. The van der Waals surface area contributed by atoms with Crippen molar-refractivity contribution in [3.8, 4) is 5.75 Å². The van der Waals surface area contributed by atoms with E-state index in [-0.39, 0.29) is 11.9 Å². The van der Waals surface area contributed by atoms with E-state index >= 15 is 0 Å². The lowest BCUT2D eigenvalue weighted by Crippen LogP contribution is -2.28. The molecule has 21 heavy (non-hydrogen) atoms. The van der Waals surface area contributed by atoms with Gasteiger partial charge in [0.05, 0.1) is 18.7 Å². The zero-order valence-corrected chi connectivity index (χ0v) is 12.3. The van der Waals surface area contributed by atoms with Crippen molar-refractivity contribution in [1.82, 2.24) is 5.32 Å². The van der Waals surface area contributed by atoms with Crippen LogP contribution in [0.4, 0.5) is 5.69 Å². The summed E-state index contributed by atoms with van der Waals surface area (Å²) in [6.07, 6.45) is 0.806. The van der Waals surface area contributed by atoms with Crippen LogP contribution < -0.4 is 15.8 Å². The van der Waals surface area contributed by atoms with Gasteiger partial charge in [-0.2, -0.15) is 0 Å². The molecule has 2 rings (SSSR count). The zero-order chi connectivity index (χ0) is 15.2. The smallest absolute Gasteiger partial charge is 0.255 e. The Balaban J connectivity index is 2.22. The maximum absolute atomic E-state index is 12.5. The maximum atomic E-state index is 12.5. The first kappa shape index (κ1) is 14.9. The fourth-order valence-corrected chi connectivity index (χ4v) is 2.25. The molecular weight excluding hydrogens is 264 g/mol. The molecule has 4 heteroatoms. The maximum Gasteiger partial charge on any atom is 0.255 e. The molecule has 0 aromatic heterocycles. The Morgan fingerprint density at radius 1 is 1.24 bits per heavy atom. The van der Waals surface area contributed by atoms with Crippen LogP contribution in [0, 0.1) is 0 Å². The molecule has 1 amide bonds. The van der Waals surface area contributed by atoms with Gasteiger partial charge >= 0.3 is 0 Å². The van der Waals surface area contributed by atoms with Crippen molar-refractivity contribution in [2.24, 2.45) is 0 Å². The molecule has 0 aliphatic heterocycles. The van der Waals surface area contributed by atoms with Crippen LogP contribution in [-0.2, 0) is 0 Å². The summed E-state index contributed by atoms with van der Waals surface area (Å²) in [5, 5.41) is 3.03. The summed E-state index contributed by atoms with van der Waals surface area (Å²) in [7, 11) is 1.54. The van der Waals surface area contributed by atoms with Crippen LogP contribution in [0.2, 0.25) is 0 Å². The van der Waals surface area contributed by atoms with Crippen molar-refractivity contribution in [2.45, 2.75) is 19.4 Å². The molecule has 0 aliphatic rings. The van der Waals surface area contributed by atoms with Crippen LogP contribution in [-0.4, -0.2) is 13.0 Å². The second kappa shape index (κ2) is 6.79. The SMILES string of the molecule is CCC(NC(=O)c1cc(N)ccc1OC)c1ccccc1. The fourth-order valence-electron chi connectivity index (χ4n) is 2.25. The molecular formula is C17H20N2O2. The summed E-state index contributed by atoms with van der Waals surface area (Å²) in [6, 6.07) is 14.9. The number of anilines is 1. The Hall–Kier alpha value is -2.49. The number of nitrogen functional groups attached to an aromatic ring is 1. The van der Waals surface area contributed by atoms with Crippen LogP contribution in [0.5, 0.6) is 5.75 Å². The molecule has 0 saturated heterocycles. The first-order chi connectivity index (χ1) is 10.2. The molecule has 0 radical (unpaired) electrons. The van der Waals surface area contributed by atoms with Crippen LogP contribution in [0.25, 0.3) is 0 Å². The Kier molecular flexibility index (Phi) is 4.82. The topological polar surface area (TPSA) is 64.4 Å². The Bertz CT molecular complexity index is 611. The standard InChI is InChI=1S/C17H20N2O2/c1-3-15(12-7-5-4-6-8-12)19-17(20)14-11-13(18)9-10-16(14)21-2/h4-11,15H,3,18H2,1-2H3,(H,19,20). The van der Waals surface area contributed by atoms with Gasteiger partial charge in [-0.15, -0.1) is 0 Å². The Morgan fingerprint density at radius 2 is 1.95 bits per heavy atom. The third-order valence-corrected chi connectivity index (χ3v) is 3.38. The highest BCUT2D eigenvalue weighted by Gasteiger charge is 2.17. The molecule has 3 N–H and O–H groups in total. The molecule has 0 fully saturated rings. The predicted molar refractivity (Wildman–Crippen MR) is 84.3 cm³/mol. The molecule has 2 aromatic rings. The predicted octanol–water partition coefficient (Wildman–Crippen LogP) is 3.16. The summed E-state index contributed by atoms with van der Waals surface area (Å²) in [4.78, 5) is 12.5. The lowest BCUT2D eigenvalue weighted by molar-refractivity contribution is 0.0932. The van der Waals surface area contributed by atoms with Crippen LogP contribution in [0.15, 0.2) is 48.5 Å². The lowest BCUT2D eigenvalue weighted by atomic mass is 10.0. The third-order valence-electron chi connectivity index (χ3n) is 3.38. The summed E-state index contributed by atoms with van der Waals surface area (Å²) in [5.74, 6) is 0.333. The lowest BCUT2D eigenvalue weighted by Gasteiger charge is -2.18. The largest absolute Gasteiger partial charge is 0.496 e. The van der Waals surface area contributed by atoms with Crippen LogP contribution >= 0.6 is 0 Å². The quantitative estimate of drug-likeness (QED) is 0.829. The van der Waals surface area contributed by atoms with E-state index in [1.165, 1.54) is 7.11 Å². The number of nitrogens with two attached hydrogens (primary N) is 1. The number of carbonyl (C=O) groups excluding carboxylic acids is 1. The van der Waals surface area contributed by atoms with Gasteiger partial charge in [0.15, 0.2) is 0 Å². The normalized spacial score (nSPS) is 11.7. The fraction of sp³-hybridized carbons (Fsp3) is 0.235. The molecule has 0 heterocycles. The Morgan fingerprint density at radius 3 is 2.57 bits per heavy atom. The molecule has 0 aliphatic carbocycles. The van der Waals surface area contributed by atoms with Crippen molar-refractivity contribution in [3.63, 3.8) is 0 Å². The summed E-state index contributed by atoms with van der Waals surface area (Å²) in [5.41, 5.74) is 7.83. The number of benzene rings is 2. The minimum absolute atomic E-state index is 0.0372. The highest BCUT2D eigenvalue weighted by molar-refractivity contribution is 5.98. The molecule has 1 unspecified atom stereocenters. The second-order valence-corrected chi connectivity index (χ2v) is 4.80. The van der Waals surface area contributed by atoms with Gasteiger partial charge in [0, 0.05) is 5.69 Å². The van der Waals surface area contributed by atoms with E-state index in [0.29, 0.717) is 17.0 Å². The number of hydrogen-bond acceptors (Lipinski definition) is 3. The van der Waals surface area contributed by atoms with E-state index in [9.17, 15) is 4.79 Å². The van der Waals surface area contributed by atoms with E-state index in [0.717, 1.165) is 12.0 Å². The molecule has 0 spiro atoms. The molecule has 1 atom stereocenters. The zero-order valence-electron chi connectivity index (χ0n) is 12.3. The number of hydrogen-bond donors (Lipinski definition) is 2. The molecule has 4 nitrogen and oxygen atoms in total. The summed E-state index contributed by atoms with van der Waals surface area (Å²) < 4.78 is 5.23. The highest BCUT2D eigenvalue weighted by Crippen LogP contribution is 2.23. The van der Waals surface area contributed by atoms with E-state index in [4.69, 9.17) is 10.5 Å². The van der Waals surface area contributed by atoms with E-state index in [2.05, 4.69) is 5.32 Å². The number of methoxy groups -OCH3 is 1. The van der Waals surface area contributed by atoms with Crippen molar-refractivity contribution in [1.29, 1.82) is 0 Å². The van der Waals surface area contributed by atoms with Crippen molar-refractivity contribution < 1.29 is 9.53 Å². The van der Waals surface area contributed by atoms with Crippen molar-refractivity contribution >= 4 is 11.6 Å². The van der Waals surface area contributed by atoms with Gasteiger partial charge < -0.3 is 15.8 Å². The molecule has 2 aromatic carbocycles. The van der Waals surface area contributed by atoms with Gasteiger partial charge in [-0.25, -0.2) is 0 Å². The highest BCUT2D eigenvalue weighted by atomic mass is 16.5. The van der Waals surface area contributed by atoms with E-state index < -0.39 is 0 Å². The summed E-state index contributed by atoms with van der Waals surface area (Å²) >= 11 is 0. The Labute approximate surface area is 124 Å². The van der Waals surface area contributed by atoms with E-state index in [1.807, 2.05) is 37.3 Å². The van der Waals surface area contributed by atoms with Crippen LogP contribution in [0.3, 0.4) is 0 Å². The van der Waals surface area contributed by atoms with Crippen molar-refractivity contribution in [3.05, 3.63) is 59.7 Å². The summed E-state index contributed by atoms with van der Waals surface area (Å²) in [6.45, 7) is 2.04. The van der Waals surface area contributed by atoms with Gasteiger partial charge in [-0.1, -0.05) is 37.3 Å². The van der Waals surface area contributed by atoms with E-state index in [1.54, 1.807) is 18.2 Å². The van der Waals surface area contributed by atoms with Gasteiger partial charge in [0.1, 0.15) is 5.75 Å². The number of carbonyl (C=O) groups is 1. The minimum atomic E-state index is -0.185. The first-order valence-corrected chi connectivity index (χ1v) is 6.95. The molecule has 0 bridgehead atoms.